The minimum Gasteiger partial charge on any atom is -0.493 e. The minimum atomic E-state index is 0.0282. The summed E-state index contributed by atoms with van der Waals surface area (Å²) in [5.74, 6) is 1.77. The van der Waals surface area contributed by atoms with Crippen LogP contribution in [0.4, 0.5) is 0 Å². The second kappa shape index (κ2) is 9.16. The van der Waals surface area contributed by atoms with E-state index in [-0.39, 0.29) is 5.91 Å². The molecule has 0 unspecified atom stereocenters. The Morgan fingerprint density at radius 3 is 2.74 bits per heavy atom. The molecule has 27 heavy (non-hydrogen) atoms. The zero-order chi connectivity index (χ0) is 19.1. The summed E-state index contributed by atoms with van der Waals surface area (Å²) < 4.78 is 10.9. The van der Waals surface area contributed by atoms with Gasteiger partial charge < -0.3 is 14.4 Å². The molecule has 1 aromatic heterocycles. The van der Waals surface area contributed by atoms with Gasteiger partial charge >= 0.3 is 0 Å². The number of benzene rings is 1. The molecular weight excluding hydrogens is 342 g/mol. The van der Waals surface area contributed by atoms with Crippen LogP contribution in [0, 0.1) is 0 Å². The Labute approximate surface area is 159 Å². The van der Waals surface area contributed by atoms with Gasteiger partial charge in [-0.05, 0) is 43.5 Å². The van der Waals surface area contributed by atoms with Crippen LogP contribution in [-0.4, -0.2) is 47.6 Å². The Balaban J connectivity index is 1.58. The molecule has 1 aliphatic heterocycles. The van der Waals surface area contributed by atoms with Gasteiger partial charge in [0.1, 0.15) is 0 Å². The van der Waals surface area contributed by atoms with Gasteiger partial charge in [0.05, 0.1) is 19.4 Å². The van der Waals surface area contributed by atoms with Crippen molar-refractivity contribution in [1.29, 1.82) is 0 Å². The molecule has 142 valence electrons. The summed E-state index contributed by atoms with van der Waals surface area (Å²) in [7, 11) is 1.61. The standard InChI is InChI=1S/C21H25N3O3/c1-3-27-19-6-4-16(14-20(19)26-2)5-7-21(25)24-12-8-17(9-13-24)18-15-22-10-11-23-18/h4-7,10-11,14-15,17H,3,8-9,12-13H2,1-2H3. The molecule has 1 saturated heterocycles. The van der Waals surface area contributed by atoms with Crippen LogP contribution in [-0.2, 0) is 4.79 Å². The highest BCUT2D eigenvalue weighted by atomic mass is 16.5. The fraction of sp³-hybridized carbons (Fsp3) is 0.381. The van der Waals surface area contributed by atoms with Crippen molar-refractivity contribution < 1.29 is 14.3 Å². The molecule has 1 aliphatic rings. The Morgan fingerprint density at radius 1 is 1.26 bits per heavy atom. The number of methoxy groups -OCH3 is 1. The predicted molar refractivity (Wildman–Crippen MR) is 104 cm³/mol. The first kappa shape index (κ1) is 18.9. The van der Waals surface area contributed by atoms with Crippen molar-refractivity contribution in [3.05, 3.63) is 54.1 Å². The highest BCUT2D eigenvalue weighted by molar-refractivity contribution is 5.92. The van der Waals surface area contributed by atoms with Crippen LogP contribution in [0.3, 0.4) is 0 Å². The van der Waals surface area contributed by atoms with Gasteiger partial charge in [-0.15, -0.1) is 0 Å². The largest absolute Gasteiger partial charge is 0.493 e. The monoisotopic (exact) mass is 367 g/mol. The third-order valence-corrected chi connectivity index (χ3v) is 4.71. The molecule has 0 spiro atoms. The van der Waals surface area contributed by atoms with Gasteiger partial charge in [-0.3, -0.25) is 14.8 Å². The topological polar surface area (TPSA) is 64.5 Å². The molecule has 0 aliphatic carbocycles. The quantitative estimate of drug-likeness (QED) is 0.733. The molecule has 6 nitrogen and oxygen atoms in total. The van der Waals surface area contributed by atoms with E-state index >= 15 is 0 Å². The van der Waals surface area contributed by atoms with Crippen molar-refractivity contribution in [1.82, 2.24) is 14.9 Å². The van der Waals surface area contributed by atoms with Crippen LogP contribution in [0.25, 0.3) is 6.08 Å². The van der Waals surface area contributed by atoms with E-state index in [2.05, 4.69) is 9.97 Å². The maximum Gasteiger partial charge on any atom is 0.246 e. The van der Waals surface area contributed by atoms with Crippen LogP contribution in [0.2, 0.25) is 0 Å². The summed E-state index contributed by atoms with van der Waals surface area (Å²) >= 11 is 0. The van der Waals surface area contributed by atoms with Crippen LogP contribution in [0.1, 0.15) is 36.9 Å². The second-order valence-corrected chi connectivity index (χ2v) is 6.41. The highest BCUT2D eigenvalue weighted by Crippen LogP contribution is 2.29. The Morgan fingerprint density at radius 2 is 2.07 bits per heavy atom. The van der Waals surface area contributed by atoms with Gasteiger partial charge in [0, 0.05) is 43.7 Å². The minimum absolute atomic E-state index is 0.0282. The molecule has 0 saturated carbocycles. The van der Waals surface area contributed by atoms with Crippen LogP contribution in [0.5, 0.6) is 11.5 Å². The van der Waals surface area contributed by atoms with Crippen LogP contribution >= 0.6 is 0 Å². The van der Waals surface area contributed by atoms with E-state index < -0.39 is 0 Å². The lowest BCUT2D eigenvalue weighted by atomic mass is 9.94. The van der Waals surface area contributed by atoms with Gasteiger partial charge in [-0.25, -0.2) is 0 Å². The van der Waals surface area contributed by atoms with Crippen molar-refractivity contribution in [3.63, 3.8) is 0 Å². The summed E-state index contributed by atoms with van der Waals surface area (Å²) in [6.45, 7) is 3.97. The molecule has 1 aromatic carbocycles. The number of rotatable bonds is 6. The van der Waals surface area contributed by atoms with Crippen molar-refractivity contribution >= 4 is 12.0 Å². The van der Waals surface area contributed by atoms with E-state index in [1.807, 2.05) is 42.3 Å². The maximum atomic E-state index is 12.5. The van der Waals surface area contributed by atoms with Gasteiger partial charge in [0.2, 0.25) is 5.91 Å². The van der Waals surface area contributed by atoms with Crippen molar-refractivity contribution in [3.8, 4) is 11.5 Å². The first-order valence-electron chi connectivity index (χ1n) is 9.25. The average Bonchev–Trinajstić information content (AvgIpc) is 2.73. The van der Waals surface area contributed by atoms with Crippen molar-refractivity contribution in [2.75, 3.05) is 26.8 Å². The number of nitrogens with zero attached hydrogens (tertiary/aromatic N) is 3. The van der Waals surface area contributed by atoms with Crippen LogP contribution < -0.4 is 9.47 Å². The number of hydrogen-bond acceptors (Lipinski definition) is 5. The number of piperidine rings is 1. The zero-order valence-corrected chi connectivity index (χ0v) is 15.8. The van der Waals surface area contributed by atoms with E-state index in [1.54, 1.807) is 25.6 Å². The average molecular weight is 367 g/mol. The molecule has 1 amide bonds. The summed E-state index contributed by atoms with van der Waals surface area (Å²) in [4.78, 5) is 22.9. The normalized spacial score (nSPS) is 15.1. The molecule has 2 aromatic rings. The Kier molecular flexibility index (Phi) is 6.41. The number of aromatic nitrogens is 2. The highest BCUT2D eigenvalue weighted by Gasteiger charge is 2.23. The molecule has 0 N–H and O–H groups in total. The number of carbonyl (C=O) groups is 1. The zero-order valence-electron chi connectivity index (χ0n) is 15.8. The molecule has 6 heteroatoms. The smallest absolute Gasteiger partial charge is 0.246 e. The lowest BCUT2D eigenvalue weighted by molar-refractivity contribution is -0.126. The van der Waals surface area contributed by atoms with E-state index in [0.29, 0.717) is 24.0 Å². The summed E-state index contributed by atoms with van der Waals surface area (Å²) in [6, 6.07) is 5.64. The molecule has 0 atom stereocenters. The van der Waals surface area contributed by atoms with Gasteiger partial charge in [-0.2, -0.15) is 0 Å². The lowest BCUT2D eigenvalue weighted by Crippen LogP contribution is -2.37. The molecule has 3 rings (SSSR count). The first-order chi connectivity index (χ1) is 13.2. The molecule has 0 radical (unpaired) electrons. The third kappa shape index (κ3) is 4.84. The van der Waals surface area contributed by atoms with Gasteiger partial charge in [-0.1, -0.05) is 6.07 Å². The number of hydrogen-bond donors (Lipinski definition) is 0. The number of likely N-dealkylation sites (tertiary alicyclic amines) is 1. The Bertz CT molecular complexity index is 785. The fourth-order valence-electron chi connectivity index (χ4n) is 3.25. The predicted octanol–water partition coefficient (Wildman–Crippen LogP) is 3.30. The number of carbonyl (C=O) groups excluding carboxylic acids is 1. The summed E-state index contributed by atoms with van der Waals surface area (Å²) in [5.41, 5.74) is 1.92. The summed E-state index contributed by atoms with van der Waals surface area (Å²) in [6.07, 6.45) is 10.5. The van der Waals surface area contributed by atoms with E-state index in [4.69, 9.17) is 9.47 Å². The fourth-order valence-corrected chi connectivity index (χ4v) is 3.25. The number of amides is 1. The number of ether oxygens (including phenoxy) is 2. The molecule has 0 bridgehead atoms. The third-order valence-electron chi connectivity index (χ3n) is 4.71. The van der Waals surface area contributed by atoms with Gasteiger partial charge in [0.15, 0.2) is 11.5 Å². The maximum absolute atomic E-state index is 12.5. The van der Waals surface area contributed by atoms with Crippen LogP contribution in [0.15, 0.2) is 42.9 Å². The molecular formula is C21H25N3O3. The summed E-state index contributed by atoms with van der Waals surface area (Å²) in [5, 5.41) is 0. The van der Waals surface area contributed by atoms with Crippen molar-refractivity contribution in [2.24, 2.45) is 0 Å². The molecule has 1 fully saturated rings. The molecule has 2 heterocycles. The Hall–Kier alpha value is -2.89. The van der Waals surface area contributed by atoms with E-state index in [9.17, 15) is 4.79 Å². The van der Waals surface area contributed by atoms with Crippen molar-refractivity contribution in [2.45, 2.75) is 25.7 Å². The second-order valence-electron chi connectivity index (χ2n) is 6.41. The van der Waals surface area contributed by atoms with E-state index in [1.165, 1.54) is 0 Å². The van der Waals surface area contributed by atoms with E-state index in [0.717, 1.165) is 37.2 Å². The SMILES string of the molecule is CCOc1ccc(C=CC(=O)N2CCC(c3cnccn3)CC2)cc1OC. The van der Waals surface area contributed by atoms with Gasteiger partial charge in [0.25, 0.3) is 0 Å². The first-order valence-corrected chi connectivity index (χ1v) is 9.25. The lowest BCUT2D eigenvalue weighted by Gasteiger charge is -2.30.